The van der Waals surface area contributed by atoms with Crippen LogP contribution in [0.25, 0.3) is 0 Å². The topological polar surface area (TPSA) is 110 Å². The van der Waals surface area contributed by atoms with Gasteiger partial charge < -0.3 is 10.4 Å². The van der Waals surface area contributed by atoms with E-state index >= 15 is 0 Å². The normalized spacial score (nSPS) is 12.1. The SMILES string of the molecule is CC(CCNc1nn(C)cc1[N+](=O)[O-])C(=O)O. The molecule has 0 saturated carbocycles. The van der Waals surface area contributed by atoms with E-state index in [9.17, 15) is 14.9 Å². The van der Waals surface area contributed by atoms with Crippen molar-refractivity contribution in [3.63, 3.8) is 0 Å². The third-order valence-electron chi connectivity index (χ3n) is 2.30. The molecule has 1 aromatic rings. The molecule has 8 heteroatoms. The van der Waals surface area contributed by atoms with Gasteiger partial charge in [0, 0.05) is 13.6 Å². The van der Waals surface area contributed by atoms with Gasteiger partial charge in [0.2, 0.25) is 5.82 Å². The highest BCUT2D eigenvalue weighted by Gasteiger charge is 2.18. The summed E-state index contributed by atoms with van der Waals surface area (Å²) in [5.74, 6) is -1.22. The Morgan fingerprint density at radius 3 is 2.94 bits per heavy atom. The first-order valence-corrected chi connectivity index (χ1v) is 5.06. The molecule has 0 radical (unpaired) electrons. The first-order valence-electron chi connectivity index (χ1n) is 5.06. The second-order valence-corrected chi connectivity index (χ2v) is 3.75. The largest absolute Gasteiger partial charge is 0.481 e. The fraction of sp³-hybridized carbons (Fsp3) is 0.556. The maximum atomic E-state index is 10.7. The monoisotopic (exact) mass is 242 g/mol. The minimum Gasteiger partial charge on any atom is -0.481 e. The van der Waals surface area contributed by atoms with E-state index in [4.69, 9.17) is 5.11 Å². The number of anilines is 1. The molecule has 0 bridgehead atoms. The number of carboxylic acid groups (broad SMARTS) is 1. The van der Waals surface area contributed by atoms with E-state index < -0.39 is 16.8 Å². The van der Waals surface area contributed by atoms with Crippen LogP contribution in [0.1, 0.15) is 13.3 Å². The number of hydrogen-bond donors (Lipinski definition) is 2. The van der Waals surface area contributed by atoms with Gasteiger partial charge in [0.15, 0.2) is 0 Å². The number of aromatic nitrogens is 2. The number of hydrogen-bond acceptors (Lipinski definition) is 5. The first kappa shape index (κ1) is 12.9. The van der Waals surface area contributed by atoms with Gasteiger partial charge >= 0.3 is 11.7 Å². The number of nitro groups is 1. The van der Waals surface area contributed by atoms with Gasteiger partial charge in [-0.3, -0.25) is 19.6 Å². The summed E-state index contributed by atoms with van der Waals surface area (Å²) in [4.78, 5) is 20.7. The summed E-state index contributed by atoms with van der Waals surface area (Å²) in [6, 6.07) is 0. The molecule has 0 aliphatic carbocycles. The molecule has 0 aromatic carbocycles. The predicted octanol–water partition coefficient (Wildman–Crippen LogP) is 0.851. The van der Waals surface area contributed by atoms with Crippen LogP contribution >= 0.6 is 0 Å². The molecule has 0 amide bonds. The third kappa shape index (κ3) is 3.44. The van der Waals surface area contributed by atoms with Crippen LogP contribution in [-0.4, -0.2) is 32.3 Å². The van der Waals surface area contributed by atoms with Gasteiger partial charge in [0.1, 0.15) is 6.20 Å². The molecule has 1 rings (SSSR count). The van der Waals surface area contributed by atoms with Crippen LogP contribution in [0, 0.1) is 16.0 Å². The molecule has 1 heterocycles. The maximum Gasteiger partial charge on any atom is 0.330 e. The standard InChI is InChI=1S/C9H14N4O4/c1-6(9(14)15)3-4-10-8-7(13(16)17)5-12(2)11-8/h5-6H,3-4H2,1-2H3,(H,10,11)(H,14,15). The number of carboxylic acids is 1. The van der Waals surface area contributed by atoms with Gasteiger partial charge in [0.25, 0.3) is 0 Å². The molecule has 0 spiro atoms. The number of aryl methyl sites for hydroxylation is 1. The Kier molecular flexibility index (Phi) is 4.02. The summed E-state index contributed by atoms with van der Waals surface area (Å²) in [6.07, 6.45) is 1.67. The van der Waals surface area contributed by atoms with E-state index in [-0.39, 0.29) is 11.5 Å². The van der Waals surface area contributed by atoms with Crippen LogP contribution in [0.2, 0.25) is 0 Å². The van der Waals surface area contributed by atoms with Gasteiger partial charge in [-0.15, -0.1) is 5.10 Å². The quantitative estimate of drug-likeness (QED) is 0.565. The average Bonchev–Trinajstić information content (AvgIpc) is 2.59. The molecule has 94 valence electrons. The van der Waals surface area contributed by atoms with Crippen LogP contribution in [0.5, 0.6) is 0 Å². The molecular formula is C9H14N4O4. The van der Waals surface area contributed by atoms with Crippen LogP contribution in [0.3, 0.4) is 0 Å². The van der Waals surface area contributed by atoms with E-state index in [1.807, 2.05) is 0 Å². The molecule has 1 aromatic heterocycles. The molecule has 0 fully saturated rings. The summed E-state index contributed by atoms with van der Waals surface area (Å²) in [6.45, 7) is 1.90. The zero-order chi connectivity index (χ0) is 13.0. The van der Waals surface area contributed by atoms with Crippen LogP contribution in [0.4, 0.5) is 11.5 Å². The van der Waals surface area contributed by atoms with Gasteiger partial charge in [0.05, 0.1) is 10.8 Å². The summed E-state index contributed by atoms with van der Waals surface area (Å²) < 4.78 is 1.33. The van der Waals surface area contributed by atoms with Crippen LogP contribution in [-0.2, 0) is 11.8 Å². The summed E-state index contributed by atoms with van der Waals surface area (Å²) in [7, 11) is 1.58. The zero-order valence-corrected chi connectivity index (χ0v) is 9.58. The fourth-order valence-electron chi connectivity index (χ4n) is 1.27. The third-order valence-corrected chi connectivity index (χ3v) is 2.30. The van der Waals surface area contributed by atoms with Gasteiger partial charge in [-0.2, -0.15) is 0 Å². The Labute approximate surface area is 97.4 Å². The van der Waals surface area contributed by atoms with Gasteiger partial charge in [-0.1, -0.05) is 6.92 Å². The predicted molar refractivity (Wildman–Crippen MR) is 59.8 cm³/mol. The van der Waals surface area contributed by atoms with Crippen molar-refractivity contribution in [1.82, 2.24) is 9.78 Å². The lowest BCUT2D eigenvalue weighted by Crippen LogP contribution is -2.15. The molecular weight excluding hydrogens is 228 g/mol. The van der Waals surface area contributed by atoms with Crippen LogP contribution < -0.4 is 5.32 Å². The van der Waals surface area contributed by atoms with Gasteiger partial charge in [-0.25, -0.2) is 0 Å². The maximum absolute atomic E-state index is 10.7. The number of aliphatic carboxylic acids is 1. The zero-order valence-electron chi connectivity index (χ0n) is 9.58. The molecule has 0 aliphatic heterocycles. The number of carbonyl (C=O) groups is 1. The van der Waals surface area contributed by atoms with Crippen molar-refractivity contribution in [3.8, 4) is 0 Å². The second kappa shape index (κ2) is 5.28. The lowest BCUT2D eigenvalue weighted by atomic mass is 10.1. The highest BCUT2D eigenvalue weighted by atomic mass is 16.6. The highest BCUT2D eigenvalue weighted by molar-refractivity contribution is 5.69. The second-order valence-electron chi connectivity index (χ2n) is 3.75. The number of nitrogens with zero attached hydrogens (tertiary/aromatic N) is 3. The summed E-state index contributed by atoms with van der Waals surface area (Å²) in [5, 5.41) is 26.0. The molecule has 2 N–H and O–H groups in total. The van der Waals surface area contributed by atoms with Crippen molar-refractivity contribution in [3.05, 3.63) is 16.3 Å². The van der Waals surface area contributed by atoms with E-state index in [1.54, 1.807) is 14.0 Å². The average molecular weight is 242 g/mol. The number of rotatable bonds is 6. The first-order chi connectivity index (χ1) is 7.91. The minimum absolute atomic E-state index is 0.115. The van der Waals surface area contributed by atoms with Crippen molar-refractivity contribution in [1.29, 1.82) is 0 Å². The van der Waals surface area contributed by atoms with E-state index in [0.717, 1.165) is 0 Å². The van der Waals surface area contributed by atoms with E-state index in [2.05, 4.69) is 10.4 Å². The summed E-state index contributed by atoms with van der Waals surface area (Å²) in [5.41, 5.74) is -0.115. The fourth-order valence-corrected chi connectivity index (χ4v) is 1.27. The molecule has 1 atom stereocenters. The van der Waals surface area contributed by atoms with Crippen molar-refractivity contribution >= 4 is 17.5 Å². The molecule has 8 nitrogen and oxygen atoms in total. The van der Waals surface area contributed by atoms with Crippen molar-refractivity contribution in [2.45, 2.75) is 13.3 Å². The van der Waals surface area contributed by atoms with Gasteiger partial charge in [-0.05, 0) is 6.42 Å². The molecule has 0 aliphatic rings. The molecule has 1 unspecified atom stereocenters. The Balaban J connectivity index is 2.57. The molecule has 0 saturated heterocycles. The Hall–Kier alpha value is -2.12. The lowest BCUT2D eigenvalue weighted by Gasteiger charge is -2.06. The van der Waals surface area contributed by atoms with Crippen molar-refractivity contribution in [2.24, 2.45) is 13.0 Å². The minimum atomic E-state index is -0.887. The molecule has 17 heavy (non-hydrogen) atoms. The van der Waals surface area contributed by atoms with Crippen LogP contribution in [0.15, 0.2) is 6.20 Å². The van der Waals surface area contributed by atoms with E-state index in [1.165, 1.54) is 10.9 Å². The lowest BCUT2D eigenvalue weighted by molar-refractivity contribution is -0.384. The number of nitrogens with one attached hydrogen (secondary N) is 1. The van der Waals surface area contributed by atoms with Crippen molar-refractivity contribution in [2.75, 3.05) is 11.9 Å². The van der Waals surface area contributed by atoms with Crippen molar-refractivity contribution < 1.29 is 14.8 Å². The Morgan fingerprint density at radius 2 is 2.41 bits per heavy atom. The van der Waals surface area contributed by atoms with E-state index in [0.29, 0.717) is 13.0 Å². The highest BCUT2D eigenvalue weighted by Crippen LogP contribution is 2.21. The Bertz CT molecular complexity index is 429. The summed E-state index contributed by atoms with van der Waals surface area (Å²) >= 11 is 0. The smallest absolute Gasteiger partial charge is 0.330 e. The Morgan fingerprint density at radius 1 is 1.76 bits per heavy atom.